The van der Waals surface area contributed by atoms with E-state index in [1.54, 1.807) is 0 Å². The molecule has 1 aromatic rings. The predicted octanol–water partition coefficient (Wildman–Crippen LogP) is 2.27. The van der Waals surface area contributed by atoms with Gasteiger partial charge in [0.05, 0.1) is 9.79 Å². The number of amides is 1. The quantitative estimate of drug-likeness (QED) is 0.640. The van der Waals surface area contributed by atoms with Crippen LogP contribution in [-0.2, 0) is 24.8 Å². The van der Waals surface area contributed by atoms with Gasteiger partial charge in [-0.2, -0.15) is 8.61 Å². The van der Waals surface area contributed by atoms with E-state index in [1.165, 1.54) is 45.7 Å². The average Bonchev–Trinajstić information content (AvgIpc) is 3.23. The summed E-state index contributed by atoms with van der Waals surface area (Å²) >= 11 is 0. The third-order valence-electron chi connectivity index (χ3n) is 6.89. The summed E-state index contributed by atoms with van der Waals surface area (Å²) in [5.41, 5.74) is 0. The molecule has 3 heterocycles. The van der Waals surface area contributed by atoms with Crippen LogP contribution in [0.5, 0.6) is 0 Å². The Morgan fingerprint density at radius 2 is 1.03 bits per heavy atom. The van der Waals surface area contributed by atoms with E-state index in [9.17, 15) is 21.6 Å². The van der Waals surface area contributed by atoms with Gasteiger partial charge in [0, 0.05) is 45.2 Å². The molecule has 0 N–H and O–H groups in total. The van der Waals surface area contributed by atoms with Crippen LogP contribution in [0.25, 0.3) is 0 Å². The van der Waals surface area contributed by atoms with Gasteiger partial charge in [0.1, 0.15) is 0 Å². The Morgan fingerprint density at radius 3 is 1.50 bits per heavy atom. The monoisotopic (exact) mass is 483 g/mol. The van der Waals surface area contributed by atoms with Gasteiger partial charge in [-0.25, -0.2) is 16.8 Å². The van der Waals surface area contributed by atoms with Crippen LogP contribution in [0, 0.1) is 5.92 Å². The maximum absolute atomic E-state index is 13.1. The molecule has 3 aliphatic rings. The summed E-state index contributed by atoms with van der Waals surface area (Å²) < 4.78 is 54.4. The number of piperidine rings is 1. The average molecular weight is 484 g/mol. The van der Waals surface area contributed by atoms with E-state index >= 15 is 0 Å². The molecule has 10 heteroatoms. The molecule has 3 fully saturated rings. The summed E-state index contributed by atoms with van der Waals surface area (Å²) in [6.45, 7) is 3.25. The molecule has 1 aromatic carbocycles. The van der Waals surface area contributed by atoms with E-state index in [1.807, 2.05) is 4.90 Å². The SMILES string of the molecule is O=C(C1CCN(S(=O)(=O)c2ccc(S(=O)(=O)N3CCCC3)cc2)CC1)N1CCCCCC1. The molecule has 8 nitrogen and oxygen atoms in total. The smallest absolute Gasteiger partial charge is 0.243 e. The summed E-state index contributed by atoms with van der Waals surface area (Å²) in [6, 6.07) is 5.53. The highest BCUT2D eigenvalue weighted by Crippen LogP contribution is 2.27. The van der Waals surface area contributed by atoms with Crippen molar-refractivity contribution in [1.29, 1.82) is 0 Å². The molecular weight excluding hydrogens is 450 g/mol. The third-order valence-corrected chi connectivity index (χ3v) is 10.7. The minimum Gasteiger partial charge on any atom is -0.342 e. The minimum atomic E-state index is -3.72. The van der Waals surface area contributed by atoms with Crippen molar-refractivity contribution in [3.05, 3.63) is 24.3 Å². The molecule has 0 bridgehead atoms. The molecule has 32 heavy (non-hydrogen) atoms. The number of carbonyl (C=O) groups is 1. The van der Waals surface area contributed by atoms with Crippen molar-refractivity contribution in [3.63, 3.8) is 0 Å². The maximum Gasteiger partial charge on any atom is 0.243 e. The highest BCUT2D eigenvalue weighted by atomic mass is 32.2. The molecule has 3 aliphatic heterocycles. The molecule has 0 aliphatic carbocycles. The first-order valence-electron chi connectivity index (χ1n) is 11.7. The van der Waals surface area contributed by atoms with Crippen LogP contribution in [0.2, 0.25) is 0 Å². The predicted molar refractivity (Wildman–Crippen MR) is 121 cm³/mol. The lowest BCUT2D eigenvalue weighted by molar-refractivity contribution is -0.136. The number of nitrogens with zero attached hydrogens (tertiary/aromatic N) is 3. The number of hydrogen-bond donors (Lipinski definition) is 0. The Hall–Kier alpha value is -1.49. The summed E-state index contributed by atoms with van der Waals surface area (Å²) in [6.07, 6.45) is 7.16. The third kappa shape index (κ3) is 4.88. The first-order valence-corrected chi connectivity index (χ1v) is 14.6. The zero-order chi connectivity index (χ0) is 22.8. The van der Waals surface area contributed by atoms with Crippen LogP contribution in [0.4, 0.5) is 0 Å². The van der Waals surface area contributed by atoms with Crippen LogP contribution in [0.3, 0.4) is 0 Å². The number of sulfonamides is 2. The van der Waals surface area contributed by atoms with Crippen molar-refractivity contribution in [3.8, 4) is 0 Å². The second kappa shape index (κ2) is 9.79. The number of benzene rings is 1. The van der Waals surface area contributed by atoms with Crippen molar-refractivity contribution in [2.75, 3.05) is 39.3 Å². The van der Waals surface area contributed by atoms with Gasteiger partial charge in [-0.3, -0.25) is 4.79 Å². The maximum atomic E-state index is 13.1. The molecule has 1 amide bonds. The van der Waals surface area contributed by atoms with Gasteiger partial charge >= 0.3 is 0 Å². The fourth-order valence-electron chi connectivity index (χ4n) is 4.90. The van der Waals surface area contributed by atoms with Gasteiger partial charge in [0.15, 0.2) is 0 Å². The van der Waals surface area contributed by atoms with Crippen molar-refractivity contribution >= 4 is 26.0 Å². The van der Waals surface area contributed by atoms with E-state index < -0.39 is 20.0 Å². The van der Waals surface area contributed by atoms with E-state index in [2.05, 4.69) is 0 Å². The highest BCUT2D eigenvalue weighted by molar-refractivity contribution is 7.89. The summed E-state index contributed by atoms with van der Waals surface area (Å²) in [4.78, 5) is 15.0. The normalized spacial score (nSPS) is 22.7. The summed E-state index contributed by atoms with van der Waals surface area (Å²) in [7, 11) is -7.30. The first-order chi connectivity index (χ1) is 15.3. The Morgan fingerprint density at radius 1 is 0.625 bits per heavy atom. The summed E-state index contributed by atoms with van der Waals surface area (Å²) in [5, 5.41) is 0. The van der Waals surface area contributed by atoms with Crippen LogP contribution in [0.1, 0.15) is 51.4 Å². The van der Waals surface area contributed by atoms with Crippen LogP contribution >= 0.6 is 0 Å². The van der Waals surface area contributed by atoms with E-state index in [4.69, 9.17) is 0 Å². The molecule has 0 spiro atoms. The van der Waals surface area contributed by atoms with Gasteiger partial charge in [-0.05, 0) is 62.8 Å². The van der Waals surface area contributed by atoms with E-state index in [0.29, 0.717) is 39.0 Å². The lowest BCUT2D eigenvalue weighted by Gasteiger charge is -2.33. The van der Waals surface area contributed by atoms with Gasteiger partial charge in [-0.1, -0.05) is 12.8 Å². The number of carbonyl (C=O) groups excluding carboxylic acids is 1. The molecule has 0 radical (unpaired) electrons. The summed E-state index contributed by atoms with van der Waals surface area (Å²) in [5.74, 6) is 0.0490. The Kier molecular flexibility index (Phi) is 7.24. The largest absolute Gasteiger partial charge is 0.342 e. The number of likely N-dealkylation sites (tertiary alicyclic amines) is 1. The van der Waals surface area contributed by atoms with Crippen molar-refractivity contribution < 1.29 is 21.6 Å². The molecule has 0 unspecified atom stereocenters. The molecule has 0 aromatic heterocycles. The van der Waals surface area contributed by atoms with Crippen LogP contribution in [0.15, 0.2) is 34.1 Å². The molecule has 0 atom stereocenters. The molecule has 0 saturated carbocycles. The van der Waals surface area contributed by atoms with Gasteiger partial charge in [0.25, 0.3) is 0 Å². The van der Waals surface area contributed by atoms with Gasteiger partial charge < -0.3 is 4.90 Å². The molecular formula is C22H33N3O5S2. The van der Waals surface area contributed by atoms with Crippen molar-refractivity contribution in [2.45, 2.75) is 61.2 Å². The second-order valence-electron chi connectivity index (χ2n) is 9.00. The zero-order valence-corrected chi connectivity index (χ0v) is 20.1. The van der Waals surface area contributed by atoms with E-state index in [-0.39, 0.29) is 21.6 Å². The standard InChI is InChI=1S/C22H33N3O5S2/c26-22(23-13-3-1-2-4-14-23)19-11-17-25(18-12-19)32(29,30)21-9-7-20(8-10-21)31(27,28)24-15-5-6-16-24/h7-10,19H,1-6,11-18H2. The number of hydrogen-bond acceptors (Lipinski definition) is 5. The molecule has 178 valence electrons. The Balaban J connectivity index is 1.39. The first kappa shape index (κ1) is 23.7. The lowest BCUT2D eigenvalue weighted by atomic mass is 9.96. The second-order valence-corrected chi connectivity index (χ2v) is 12.9. The fraction of sp³-hybridized carbons (Fsp3) is 0.682. The van der Waals surface area contributed by atoms with Gasteiger partial charge in [-0.15, -0.1) is 0 Å². The topological polar surface area (TPSA) is 95.1 Å². The lowest BCUT2D eigenvalue weighted by Crippen LogP contribution is -2.44. The molecule has 3 saturated heterocycles. The minimum absolute atomic E-state index is 0.0927. The molecule has 4 rings (SSSR count). The Labute approximate surface area is 191 Å². The fourth-order valence-corrected chi connectivity index (χ4v) is 7.89. The Bertz CT molecular complexity index is 1000. The van der Waals surface area contributed by atoms with Crippen LogP contribution < -0.4 is 0 Å². The van der Waals surface area contributed by atoms with Crippen molar-refractivity contribution in [1.82, 2.24) is 13.5 Å². The van der Waals surface area contributed by atoms with Crippen LogP contribution in [-0.4, -0.2) is 75.5 Å². The highest BCUT2D eigenvalue weighted by Gasteiger charge is 2.34. The van der Waals surface area contributed by atoms with Gasteiger partial charge in [0.2, 0.25) is 26.0 Å². The number of rotatable bonds is 5. The zero-order valence-electron chi connectivity index (χ0n) is 18.5. The van der Waals surface area contributed by atoms with Crippen molar-refractivity contribution in [2.24, 2.45) is 5.92 Å². The van der Waals surface area contributed by atoms with E-state index in [0.717, 1.165) is 38.8 Å².